The molecule has 1 aromatic rings. The molecule has 0 bridgehead atoms. The summed E-state index contributed by atoms with van der Waals surface area (Å²) in [6.45, 7) is 1.90. The maximum absolute atomic E-state index is 11.2. The largest absolute Gasteiger partial charge is 0.478 e. The van der Waals surface area contributed by atoms with E-state index in [0.29, 0.717) is 11.3 Å². The van der Waals surface area contributed by atoms with Crippen molar-refractivity contribution in [2.75, 3.05) is 13.1 Å². The van der Waals surface area contributed by atoms with E-state index < -0.39 is 11.6 Å². The van der Waals surface area contributed by atoms with Crippen molar-refractivity contribution in [2.24, 2.45) is 0 Å². The van der Waals surface area contributed by atoms with Crippen molar-refractivity contribution in [3.05, 3.63) is 21.9 Å². The number of carbonyl (C=O) groups is 1. The third-order valence-corrected chi connectivity index (χ3v) is 5.32. The van der Waals surface area contributed by atoms with Crippen molar-refractivity contribution >= 4 is 17.3 Å². The van der Waals surface area contributed by atoms with E-state index in [1.807, 2.05) is 0 Å². The molecule has 1 aromatic heterocycles. The molecule has 0 aliphatic carbocycles. The molecule has 5 heteroatoms. The fourth-order valence-electron chi connectivity index (χ4n) is 3.36. The van der Waals surface area contributed by atoms with Gasteiger partial charge in [0, 0.05) is 12.6 Å². The fraction of sp³-hybridized carbons (Fsp3) is 0.615. The first-order valence-electron chi connectivity index (χ1n) is 6.40. The Bertz CT molecular complexity index is 473. The summed E-state index contributed by atoms with van der Waals surface area (Å²) < 4.78 is 0. The summed E-state index contributed by atoms with van der Waals surface area (Å²) in [6.07, 6.45) is 3.92. The first-order chi connectivity index (χ1) is 8.63. The molecule has 3 heterocycles. The molecule has 0 radical (unpaired) electrons. The SMILES string of the molecule is O=C(O)c1ccsc1C1(O)CCN2CCCCC21. The molecular weight excluding hydrogens is 250 g/mol. The van der Waals surface area contributed by atoms with E-state index in [1.165, 1.54) is 17.8 Å². The van der Waals surface area contributed by atoms with Crippen LogP contribution in [-0.2, 0) is 5.60 Å². The van der Waals surface area contributed by atoms with Gasteiger partial charge in [0.1, 0.15) is 5.60 Å². The number of thiophene rings is 1. The number of carboxylic acid groups (broad SMARTS) is 1. The first-order valence-corrected chi connectivity index (χ1v) is 7.28. The van der Waals surface area contributed by atoms with Gasteiger partial charge in [-0.2, -0.15) is 0 Å². The Morgan fingerprint density at radius 2 is 2.28 bits per heavy atom. The summed E-state index contributed by atoms with van der Waals surface area (Å²) in [4.78, 5) is 14.2. The molecule has 0 amide bonds. The van der Waals surface area contributed by atoms with Crippen LogP contribution in [-0.4, -0.2) is 40.2 Å². The zero-order valence-corrected chi connectivity index (χ0v) is 10.9. The maximum atomic E-state index is 11.2. The summed E-state index contributed by atoms with van der Waals surface area (Å²) in [5, 5.41) is 22.0. The Hall–Kier alpha value is -0.910. The summed E-state index contributed by atoms with van der Waals surface area (Å²) in [5.41, 5.74) is -0.683. The van der Waals surface area contributed by atoms with Gasteiger partial charge in [0.25, 0.3) is 0 Å². The minimum atomic E-state index is -0.956. The second-order valence-electron chi connectivity index (χ2n) is 5.19. The molecule has 0 saturated carbocycles. The van der Waals surface area contributed by atoms with Crippen molar-refractivity contribution in [2.45, 2.75) is 37.3 Å². The summed E-state index contributed by atoms with van der Waals surface area (Å²) >= 11 is 1.37. The highest BCUT2D eigenvalue weighted by molar-refractivity contribution is 7.10. The lowest BCUT2D eigenvalue weighted by molar-refractivity contribution is -0.0117. The lowest BCUT2D eigenvalue weighted by atomic mass is 9.86. The van der Waals surface area contributed by atoms with Crippen LogP contribution < -0.4 is 0 Å². The van der Waals surface area contributed by atoms with Gasteiger partial charge in [0.2, 0.25) is 0 Å². The molecule has 2 atom stereocenters. The van der Waals surface area contributed by atoms with Crippen LogP contribution in [0.15, 0.2) is 11.4 Å². The second kappa shape index (κ2) is 4.33. The molecule has 2 saturated heterocycles. The van der Waals surface area contributed by atoms with Crippen LogP contribution in [0.1, 0.15) is 40.9 Å². The molecule has 2 N–H and O–H groups in total. The van der Waals surface area contributed by atoms with Crippen LogP contribution in [0, 0.1) is 0 Å². The molecule has 2 fully saturated rings. The van der Waals surface area contributed by atoms with E-state index in [0.717, 1.165) is 25.9 Å². The Morgan fingerprint density at radius 1 is 1.44 bits per heavy atom. The summed E-state index contributed by atoms with van der Waals surface area (Å²) in [7, 11) is 0. The van der Waals surface area contributed by atoms with Crippen LogP contribution in [0.4, 0.5) is 0 Å². The summed E-state index contributed by atoms with van der Waals surface area (Å²) in [6, 6.07) is 1.70. The molecule has 0 aromatic carbocycles. The van der Waals surface area contributed by atoms with Crippen LogP contribution in [0.25, 0.3) is 0 Å². The van der Waals surface area contributed by atoms with Crippen LogP contribution >= 0.6 is 11.3 Å². The average Bonchev–Trinajstić information content (AvgIpc) is 2.96. The quantitative estimate of drug-likeness (QED) is 0.859. The maximum Gasteiger partial charge on any atom is 0.336 e. The van der Waals surface area contributed by atoms with Crippen molar-refractivity contribution in [3.63, 3.8) is 0 Å². The standard InChI is InChI=1S/C13H17NO3S/c15-12(16)9-4-8-18-11(9)13(17)5-7-14-6-2-1-3-10(13)14/h4,8,10,17H,1-3,5-7H2,(H,15,16). The van der Waals surface area contributed by atoms with Crippen LogP contribution in [0.3, 0.4) is 0 Å². The Kier molecular flexibility index (Phi) is 2.92. The Balaban J connectivity index is 1.99. The lowest BCUT2D eigenvalue weighted by Crippen LogP contribution is -2.45. The van der Waals surface area contributed by atoms with Crippen molar-refractivity contribution < 1.29 is 15.0 Å². The molecule has 4 nitrogen and oxygen atoms in total. The number of nitrogens with zero attached hydrogens (tertiary/aromatic N) is 1. The van der Waals surface area contributed by atoms with Gasteiger partial charge in [-0.1, -0.05) is 6.42 Å². The zero-order chi connectivity index (χ0) is 12.8. The minimum absolute atomic E-state index is 0.1000. The number of carboxylic acids is 1. The minimum Gasteiger partial charge on any atom is -0.478 e. The fourth-order valence-corrected chi connectivity index (χ4v) is 4.42. The molecule has 2 unspecified atom stereocenters. The number of aromatic carboxylic acids is 1. The van der Waals surface area contributed by atoms with Crippen molar-refractivity contribution in [3.8, 4) is 0 Å². The van der Waals surface area contributed by atoms with Crippen LogP contribution in [0.2, 0.25) is 0 Å². The average molecular weight is 267 g/mol. The first kappa shape index (κ1) is 12.1. The van der Waals surface area contributed by atoms with E-state index in [4.69, 9.17) is 0 Å². The van der Waals surface area contributed by atoms with Gasteiger partial charge in [0.05, 0.1) is 10.4 Å². The third kappa shape index (κ3) is 1.69. The van der Waals surface area contributed by atoms with Gasteiger partial charge in [-0.25, -0.2) is 4.79 Å². The van der Waals surface area contributed by atoms with E-state index in [-0.39, 0.29) is 11.6 Å². The van der Waals surface area contributed by atoms with Gasteiger partial charge in [0.15, 0.2) is 0 Å². The van der Waals surface area contributed by atoms with Gasteiger partial charge < -0.3 is 10.2 Å². The number of hydrogen-bond donors (Lipinski definition) is 2. The van der Waals surface area contributed by atoms with E-state index in [1.54, 1.807) is 11.4 Å². The van der Waals surface area contributed by atoms with E-state index >= 15 is 0 Å². The molecule has 2 aliphatic heterocycles. The molecule has 18 heavy (non-hydrogen) atoms. The predicted octanol–water partition coefficient (Wildman–Crippen LogP) is 1.89. The Morgan fingerprint density at radius 3 is 3.06 bits per heavy atom. The predicted molar refractivity (Wildman–Crippen MR) is 69.0 cm³/mol. The van der Waals surface area contributed by atoms with Gasteiger partial charge in [-0.3, -0.25) is 4.90 Å². The van der Waals surface area contributed by atoms with Gasteiger partial charge in [-0.05, 0) is 37.3 Å². The number of rotatable bonds is 2. The highest BCUT2D eigenvalue weighted by atomic mass is 32.1. The highest BCUT2D eigenvalue weighted by Crippen LogP contribution is 2.45. The normalized spacial score (nSPS) is 32.4. The molecule has 98 valence electrons. The summed E-state index contributed by atoms with van der Waals surface area (Å²) in [5.74, 6) is -0.936. The second-order valence-corrected chi connectivity index (χ2v) is 6.11. The zero-order valence-electron chi connectivity index (χ0n) is 10.1. The number of piperidine rings is 1. The van der Waals surface area contributed by atoms with E-state index in [2.05, 4.69) is 4.90 Å². The molecule has 2 aliphatic rings. The molecular formula is C13H17NO3S. The molecule has 0 spiro atoms. The van der Waals surface area contributed by atoms with E-state index in [9.17, 15) is 15.0 Å². The van der Waals surface area contributed by atoms with Crippen molar-refractivity contribution in [1.29, 1.82) is 0 Å². The topological polar surface area (TPSA) is 60.8 Å². The number of aliphatic hydroxyl groups is 1. The molecule has 3 rings (SSSR count). The smallest absolute Gasteiger partial charge is 0.336 e. The lowest BCUT2D eigenvalue weighted by Gasteiger charge is -2.37. The Labute approximate surface area is 110 Å². The van der Waals surface area contributed by atoms with Gasteiger partial charge in [-0.15, -0.1) is 11.3 Å². The third-order valence-electron chi connectivity index (χ3n) is 4.23. The van der Waals surface area contributed by atoms with Crippen LogP contribution in [0.5, 0.6) is 0 Å². The number of hydrogen-bond acceptors (Lipinski definition) is 4. The highest BCUT2D eigenvalue weighted by Gasteiger charge is 2.49. The monoisotopic (exact) mass is 267 g/mol. The van der Waals surface area contributed by atoms with Crippen molar-refractivity contribution in [1.82, 2.24) is 4.90 Å². The number of fused-ring (bicyclic) bond motifs is 1. The van der Waals surface area contributed by atoms with Gasteiger partial charge >= 0.3 is 5.97 Å².